The number of methoxy groups -OCH3 is 1. The van der Waals surface area contributed by atoms with E-state index in [0.29, 0.717) is 6.04 Å². The molecule has 25 heavy (non-hydrogen) atoms. The first-order valence-electron chi connectivity index (χ1n) is 9.06. The highest BCUT2D eigenvalue weighted by molar-refractivity contribution is 5.79. The lowest BCUT2D eigenvalue weighted by atomic mass is 10.1. The Labute approximate surface area is 150 Å². The number of guanidine groups is 1. The molecule has 1 aromatic rings. The summed E-state index contributed by atoms with van der Waals surface area (Å²) < 4.78 is 18.3. The van der Waals surface area contributed by atoms with E-state index >= 15 is 0 Å². The molecule has 0 saturated carbocycles. The van der Waals surface area contributed by atoms with Crippen molar-refractivity contribution in [2.24, 2.45) is 4.99 Å². The fraction of sp³-hybridized carbons (Fsp3) is 0.632. The van der Waals surface area contributed by atoms with Crippen LogP contribution in [0.4, 0.5) is 4.39 Å². The summed E-state index contributed by atoms with van der Waals surface area (Å²) in [5, 5.41) is 6.77. The van der Waals surface area contributed by atoms with Crippen LogP contribution in [0, 0.1) is 12.7 Å². The number of benzene rings is 1. The molecule has 1 saturated heterocycles. The van der Waals surface area contributed by atoms with Gasteiger partial charge in [0.05, 0.1) is 6.61 Å². The number of hydrogen-bond donors (Lipinski definition) is 2. The van der Waals surface area contributed by atoms with Crippen LogP contribution in [0.25, 0.3) is 0 Å². The maximum atomic E-state index is 13.2. The van der Waals surface area contributed by atoms with Gasteiger partial charge in [-0.05, 0) is 56.0 Å². The summed E-state index contributed by atoms with van der Waals surface area (Å²) in [5.74, 6) is 0.639. The molecule has 2 rings (SSSR count). The second-order valence-electron chi connectivity index (χ2n) is 6.53. The zero-order valence-corrected chi connectivity index (χ0v) is 15.6. The molecule has 6 heteroatoms. The largest absolute Gasteiger partial charge is 0.383 e. The molecule has 0 amide bonds. The third-order valence-electron chi connectivity index (χ3n) is 4.80. The van der Waals surface area contributed by atoms with Gasteiger partial charge in [-0.15, -0.1) is 0 Å². The smallest absolute Gasteiger partial charge is 0.191 e. The van der Waals surface area contributed by atoms with Crippen LogP contribution in [0.3, 0.4) is 0 Å². The van der Waals surface area contributed by atoms with Crippen molar-refractivity contribution in [2.75, 3.05) is 46.9 Å². The quantitative estimate of drug-likeness (QED) is 0.556. The summed E-state index contributed by atoms with van der Waals surface area (Å²) in [6, 6.07) is 5.49. The van der Waals surface area contributed by atoms with Crippen LogP contribution in [0.1, 0.15) is 24.0 Å². The van der Waals surface area contributed by atoms with E-state index in [1.807, 2.05) is 13.0 Å². The Morgan fingerprint density at radius 1 is 1.40 bits per heavy atom. The molecule has 2 N–H and O–H groups in total. The molecule has 1 aliphatic heterocycles. The first-order valence-corrected chi connectivity index (χ1v) is 9.06. The Bertz CT molecular complexity index is 564. The standard InChI is InChI=1S/C19H31FN4O/c1-15-13-17(20)7-6-16(15)8-9-22-19(21-2)23-14-18-5-4-10-24(18)11-12-25-3/h6-7,13,18H,4-5,8-12,14H2,1-3H3,(H2,21,22,23). The van der Waals surface area contributed by atoms with Gasteiger partial charge in [-0.3, -0.25) is 9.89 Å². The molecule has 0 aromatic heterocycles. The Morgan fingerprint density at radius 3 is 2.96 bits per heavy atom. The number of likely N-dealkylation sites (tertiary alicyclic amines) is 1. The fourth-order valence-corrected chi connectivity index (χ4v) is 3.32. The van der Waals surface area contributed by atoms with E-state index in [2.05, 4.69) is 20.5 Å². The number of nitrogens with one attached hydrogen (secondary N) is 2. The Morgan fingerprint density at radius 2 is 2.24 bits per heavy atom. The molecule has 1 heterocycles. The van der Waals surface area contributed by atoms with Crippen molar-refractivity contribution in [3.05, 3.63) is 35.1 Å². The van der Waals surface area contributed by atoms with Crippen LogP contribution in [0.5, 0.6) is 0 Å². The maximum absolute atomic E-state index is 13.2. The summed E-state index contributed by atoms with van der Waals surface area (Å²) in [6.07, 6.45) is 3.30. The fourth-order valence-electron chi connectivity index (χ4n) is 3.32. The predicted molar refractivity (Wildman–Crippen MR) is 101 cm³/mol. The number of aryl methyl sites for hydroxylation is 1. The van der Waals surface area contributed by atoms with Gasteiger partial charge in [-0.1, -0.05) is 6.07 Å². The topological polar surface area (TPSA) is 48.9 Å². The third-order valence-corrected chi connectivity index (χ3v) is 4.80. The van der Waals surface area contributed by atoms with Gasteiger partial charge >= 0.3 is 0 Å². The zero-order chi connectivity index (χ0) is 18.1. The molecule has 1 unspecified atom stereocenters. The Balaban J connectivity index is 1.73. The highest BCUT2D eigenvalue weighted by atomic mass is 19.1. The van der Waals surface area contributed by atoms with Crippen molar-refractivity contribution >= 4 is 5.96 Å². The lowest BCUT2D eigenvalue weighted by Crippen LogP contribution is -2.45. The van der Waals surface area contributed by atoms with Gasteiger partial charge in [0.25, 0.3) is 0 Å². The van der Waals surface area contributed by atoms with Crippen LogP contribution in [0.2, 0.25) is 0 Å². The van der Waals surface area contributed by atoms with Crippen molar-refractivity contribution in [1.29, 1.82) is 0 Å². The monoisotopic (exact) mass is 350 g/mol. The Kier molecular flexibility index (Phi) is 8.15. The van der Waals surface area contributed by atoms with E-state index < -0.39 is 0 Å². The van der Waals surface area contributed by atoms with Crippen LogP contribution < -0.4 is 10.6 Å². The lowest BCUT2D eigenvalue weighted by Gasteiger charge is -2.25. The van der Waals surface area contributed by atoms with Crippen molar-refractivity contribution in [3.63, 3.8) is 0 Å². The average Bonchev–Trinajstić information content (AvgIpc) is 3.05. The molecule has 1 aliphatic rings. The molecule has 0 aliphatic carbocycles. The van der Waals surface area contributed by atoms with Gasteiger partial charge in [0.15, 0.2) is 5.96 Å². The average molecular weight is 350 g/mol. The van der Waals surface area contributed by atoms with Gasteiger partial charge < -0.3 is 15.4 Å². The highest BCUT2D eigenvalue weighted by Crippen LogP contribution is 2.15. The minimum absolute atomic E-state index is 0.179. The highest BCUT2D eigenvalue weighted by Gasteiger charge is 2.23. The molecule has 0 radical (unpaired) electrons. The van der Waals surface area contributed by atoms with E-state index in [1.54, 1.807) is 20.2 Å². The third kappa shape index (κ3) is 6.29. The van der Waals surface area contributed by atoms with E-state index in [-0.39, 0.29) is 5.82 Å². The summed E-state index contributed by atoms with van der Waals surface area (Å²) in [7, 11) is 3.54. The Hall–Kier alpha value is -1.66. The van der Waals surface area contributed by atoms with Crippen LogP contribution >= 0.6 is 0 Å². The molecule has 1 aromatic carbocycles. The number of aliphatic imine (C=N–C) groups is 1. The van der Waals surface area contributed by atoms with Gasteiger partial charge in [0, 0.05) is 39.8 Å². The maximum Gasteiger partial charge on any atom is 0.191 e. The molecular weight excluding hydrogens is 319 g/mol. The minimum Gasteiger partial charge on any atom is -0.383 e. The summed E-state index contributed by atoms with van der Waals surface area (Å²) in [5.41, 5.74) is 2.15. The summed E-state index contributed by atoms with van der Waals surface area (Å²) >= 11 is 0. The first kappa shape index (κ1) is 19.7. The molecular formula is C19H31FN4O. The number of ether oxygens (including phenoxy) is 1. The van der Waals surface area contributed by atoms with Crippen LogP contribution in [0.15, 0.2) is 23.2 Å². The van der Waals surface area contributed by atoms with Gasteiger partial charge in [0.1, 0.15) is 5.82 Å². The lowest BCUT2D eigenvalue weighted by molar-refractivity contribution is 0.141. The van der Waals surface area contributed by atoms with Crippen molar-refractivity contribution in [2.45, 2.75) is 32.2 Å². The number of halogens is 1. The number of rotatable bonds is 8. The van der Waals surface area contributed by atoms with E-state index in [4.69, 9.17) is 4.74 Å². The molecule has 5 nitrogen and oxygen atoms in total. The van der Waals surface area contributed by atoms with Crippen molar-refractivity contribution in [1.82, 2.24) is 15.5 Å². The number of hydrogen-bond acceptors (Lipinski definition) is 3. The predicted octanol–water partition coefficient (Wildman–Crippen LogP) is 1.95. The molecule has 1 atom stereocenters. The van der Waals surface area contributed by atoms with Gasteiger partial charge in [0.2, 0.25) is 0 Å². The zero-order valence-electron chi connectivity index (χ0n) is 15.6. The second kappa shape index (κ2) is 10.4. The second-order valence-corrected chi connectivity index (χ2v) is 6.53. The molecule has 0 bridgehead atoms. The normalized spacial score (nSPS) is 18.6. The van der Waals surface area contributed by atoms with E-state index in [1.165, 1.54) is 18.9 Å². The SMILES string of the molecule is CN=C(NCCc1ccc(F)cc1C)NCC1CCCN1CCOC. The molecule has 0 spiro atoms. The molecule has 140 valence electrons. The van der Waals surface area contributed by atoms with Gasteiger partial charge in [-0.25, -0.2) is 4.39 Å². The first-order chi connectivity index (χ1) is 12.1. The van der Waals surface area contributed by atoms with Crippen molar-refractivity contribution in [3.8, 4) is 0 Å². The minimum atomic E-state index is -0.179. The van der Waals surface area contributed by atoms with Crippen LogP contribution in [-0.2, 0) is 11.2 Å². The van der Waals surface area contributed by atoms with Crippen molar-refractivity contribution < 1.29 is 9.13 Å². The summed E-state index contributed by atoms with van der Waals surface area (Å²) in [6.45, 7) is 6.51. The molecule has 1 fully saturated rings. The van der Waals surface area contributed by atoms with E-state index in [9.17, 15) is 4.39 Å². The summed E-state index contributed by atoms with van der Waals surface area (Å²) in [4.78, 5) is 6.77. The van der Waals surface area contributed by atoms with Gasteiger partial charge in [-0.2, -0.15) is 0 Å². The van der Waals surface area contributed by atoms with Crippen LogP contribution in [-0.4, -0.2) is 63.8 Å². The number of nitrogens with zero attached hydrogens (tertiary/aromatic N) is 2. The van der Waals surface area contributed by atoms with E-state index in [0.717, 1.165) is 56.3 Å².